The average molecular weight is 353 g/mol. The van der Waals surface area contributed by atoms with Crippen molar-refractivity contribution in [1.29, 1.82) is 5.41 Å². The first-order valence-corrected chi connectivity index (χ1v) is 8.60. The SMILES string of the molecule is Br.CCOP(=O)(CCSSC(=N)N)OCC. The van der Waals surface area contributed by atoms with Gasteiger partial charge in [-0.3, -0.25) is 9.97 Å². The van der Waals surface area contributed by atoms with E-state index < -0.39 is 7.60 Å². The highest BCUT2D eigenvalue weighted by molar-refractivity contribution is 8.93. The van der Waals surface area contributed by atoms with E-state index in [9.17, 15) is 4.57 Å². The van der Waals surface area contributed by atoms with Crippen LogP contribution in [-0.4, -0.2) is 30.3 Å². The molecule has 16 heavy (non-hydrogen) atoms. The summed E-state index contributed by atoms with van der Waals surface area (Å²) in [6.07, 6.45) is 0.347. The zero-order valence-corrected chi connectivity index (χ0v) is 13.5. The normalized spacial score (nSPS) is 10.9. The van der Waals surface area contributed by atoms with Gasteiger partial charge in [-0.05, 0) is 24.6 Å². The van der Waals surface area contributed by atoms with Crippen LogP contribution in [0.4, 0.5) is 0 Å². The molecule has 0 unspecified atom stereocenters. The molecule has 0 bridgehead atoms. The van der Waals surface area contributed by atoms with E-state index in [2.05, 4.69) is 0 Å². The van der Waals surface area contributed by atoms with Gasteiger partial charge in [0, 0.05) is 5.75 Å². The Hall–Kier alpha value is 0.800. The second-order valence-corrected chi connectivity index (χ2v) is 7.08. The zero-order valence-electron chi connectivity index (χ0n) is 9.30. The van der Waals surface area contributed by atoms with Crippen molar-refractivity contribution in [2.75, 3.05) is 25.1 Å². The lowest BCUT2D eigenvalue weighted by atomic mass is 10.9. The number of nitrogens with one attached hydrogen (secondary N) is 1. The van der Waals surface area contributed by atoms with Gasteiger partial charge in [0.2, 0.25) is 0 Å². The first-order chi connectivity index (χ1) is 7.04. The third kappa shape index (κ3) is 9.99. The van der Waals surface area contributed by atoms with Crippen molar-refractivity contribution in [3.05, 3.63) is 0 Å². The monoisotopic (exact) mass is 352 g/mol. The summed E-state index contributed by atoms with van der Waals surface area (Å²) < 4.78 is 22.1. The Morgan fingerprint density at radius 1 is 1.38 bits per heavy atom. The van der Waals surface area contributed by atoms with Crippen molar-refractivity contribution >= 4 is 51.3 Å². The summed E-state index contributed by atoms with van der Waals surface area (Å²) in [5.41, 5.74) is 5.15. The predicted molar refractivity (Wildman–Crippen MR) is 78.0 cm³/mol. The fourth-order valence-corrected chi connectivity index (χ4v) is 4.64. The molecule has 0 atom stereocenters. The largest absolute Gasteiger partial charge is 0.378 e. The van der Waals surface area contributed by atoms with Gasteiger partial charge in [-0.2, -0.15) is 0 Å². The Kier molecular flexibility index (Phi) is 13.1. The molecule has 0 spiro atoms. The number of rotatable bonds is 8. The molecule has 0 aliphatic carbocycles. The van der Waals surface area contributed by atoms with Gasteiger partial charge in [0.25, 0.3) is 0 Å². The topological polar surface area (TPSA) is 85.4 Å². The number of nitrogens with two attached hydrogens (primary N) is 1. The smallest absolute Gasteiger partial charge is 0.331 e. The summed E-state index contributed by atoms with van der Waals surface area (Å²) in [5, 5.41) is 7.02. The zero-order chi connectivity index (χ0) is 11.7. The van der Waals surface area contributed by atoms with Crippen LogP contribution < -0.4 is 5.73 Å². The Bertz CT molecular complexity index is 236. The molecule has 0 saturated heterocycles. The van der Waals surface area contributed by atoms with E-state index in [-0.39, 0.29) is 22.1 Å². The van der Waals surface area contributed by atoms with Crippen molar-refractivity contribution < 1.29 is 13.6 Å². The van der Waals surface area contributed by atoms with E-state index in [4.69, 9.17) is 20.2 Å². The Morgan fingerprint density at radius 3 is 2.25 bits per heavy atom. The van der Waals surface area contributed by atoms with E-state index >= 15 is 0 Å². The van der Waals surface area contributed by atoms with E-state index in [1.165, 1.54) is 10.8 Å². The van der Waals surface area contributed by atoms with Gasteiger partial charge in [0.05, 0.1) is 19.4 Å². The summed E-state index contributed by atoms with van der Waals surface area (Å²) in [5.74, 6) is 0.585. The van der Waals surface area contributed by atoms with Gasteiger partial charge in [-0.15, -0.1) is 17.0 Å². The fourth-order valence-electron chi connectivity index (χ4n) is 0.814. The number of hydrogen-bond donors (Lipinski definition) is 2. The minimum atomic E-state index is -2.92. The van der Waals surface area contributed by atoms with Gasteiger partial charge in [-0.1, -0.05) is 10.8 Å². The molecule has 0 aromatic rings. The quantitative estimate of drug-likeness (QED) is 0.229. The molecule has 3 N–H and O–H groups in total. The summed E-state index contributed by atoms with van der Waals surface area (Å²) in [6.45, 7) is 4.32. The molecule has 5 nitrogen and oxygen atoms in total. The minimum Gasteiger partial charge on any atom is -0.378 e. The Labute approximate surface area is 115 Å². The second-order valence-electron chi connectivity index (χ2n) is 2.44. The molecular weight excluding hydrogens is 335 g/mol. The molecule has 0 aromatic carbocycles. The predicted octanol–water partition coefficient (Wildman–Crippen LogP) is 3.11. The van der Waals surface area contributed by atoms with Crippen molar-refractivity contribution in [3.63, 3.8) is 0 Å². The number of hydrogen-bond acceptors (Lipinski definition) is 6. The van der Waals surface area contributed by atoms with E-state index in [0.29, 0.717) is 25.1 Å². The maximum Gasteiger partial charge on any atom is 0.331 e. The summed E-state index contributed by atoms with van der Waals surface area (Å²) in [6, 6.07) is 0. The average Bonchev–Trinajstić information content (AvgIpc) is 2.13. The Morgan fingerprint density at radius 2 is 1.88 bits per heavy atom. The minimum absolute atomic E-state index is 0. The molecule has 0 amide bonds. The van der Waals surface area contributed by atoms with Gasteiger partial charge < -0.3 is 14.8 Å². The first kappa shape index (κ1) is 19.1. The summed E-state index contributed by atoms with van der Waals surface area (Å²) >= 11 is 0. The molecular formula is C7H18BrN2O3PS2. The molecule has 0 fully saturated rings. The number of halogens is 1. The summed E-state index contributed by atoms with van der Waals surface area (Å²) in [4.78, 5) is 0. The number of amidine groups is 1. The molecule has 9 heteroatoms. The first-order valence-electron chi connectivity index (χ1n) is 4.55. The maximum atomic E-state index is 11.9. The molecule has 0 heterocycles. The van der Waals surface area contributed by atoms with Crippen molar-refractivity contribution in [2.24, 2.45) is 5.73 Å². The second kappa shape index (κ2) is 10.9. The highest BCUT2D eigenvalue weighted by atomic mass is 79.9. The lowest BCUT2D eigenvalue weighted by molar-refractivity contribution is 0.221. The maximum absolute atomic E-state index is 11.9. The molecule has 0 aliphatic rings. The third-order valence-corrected chi connectivity index (χ3v) is 5.69. The van der Waals surface area contributed by atoms with E-state index in [1.54, 1.807) is 13.8 Å². The fraction of sp³-hybridized carbons (Fsp3) is 0.857. The molecule has 0 saturated carbocycles. The molecule has 98 valence electrons. The van der Waals surface area contributed by atoms with Crippen LogP contribution >= 0.6 is 46.2 Å². The van der Waals surface area contributed by atoms with Crippen LogP contribution in [0.1, 0.15) is 13.8 Å². The van der Waals surface area contributed by atoms with Gasteiger partial charge in [0.15, 0.2) is 5.17 Å². The van der Waals surface area contributed by atoms with Crippen molar-refractivity contribution in [2.45, 2.75) is 13.8 Å². The highest BCUT2D eigenvalue weighted by Crippen LogP contribution is 2.48. The van der Waals surface area contributed by atoms with Gasteiger partial charge in [0.1, 0.15) is 0 Å². The molecule has 0 radical (unpaired) electrons. The van der Waals surface area contributed by atoms with Crippen molar-refractivity contribution in [3.8, 4) is 0 Å². The standard InChI is InChI=1S/C7H17N2O3PS2.BrH/c1-3-11-13(10,12-4-2)5-6-14-15-7(8)9;/h3-6H2,1-2H3,(H3,8,9);1H. The van der Waals surface area contributed by atoms with Crippen LogP contribution in [0.25, 0.3) is 0 Å². The van der Waals surface area contributed by atoms with Gasteiger partial charge in [-0.25, -0.2) is 0 Å². The van der Waals surface area contributed by atoms with Crippen LogP contribution in [-0.2, 0) is 13.6 Å². The van der Waals surface area contributed by atoms with Crippen LogP contribution in [0, 0.1) is 5.41 Å². The third-order valence-electron chi connectivity index (χ3n) is 1.25. The Balaban J connectivity index is 0. The lowest BCUT2D eigenvalue weighted by Crippen LogP contribution is -2.04. The molecule has 0 rings (SSSR count). The van der Waals surface area contributed by atoms with E-state index in [0.717, 1.165) is 10.8 Å². The van der Waals surface area contributed by atoms with Crippen LogP contribution in [0.5, 0.6) is 0 Å². The highest BCUT2D eigenvalue weighted by Gasteiger charge is 2.22. The molecule has 0 aliphatic heterocycles. The van der Waals surface area contributed by atoms with Gasteiger partial charge >= 0.3 is 7.60 Å². The summed E-state index contributed by atoms with van der Waals surface area (Å²) in [7, 11) is -0.396. The van der Waals surface area contributed by atoms with Crippen molar-refractivity contribution in [1.82, 2.24) is 0 Å². The molecule has 0 aromatic heterocycles. The van der Waals surface area contributed by atoms with Crippen LogP contribution in [0.3, 0.4) is 0 Å². The van der Waals surface area contributed by atoms with E-state index in [1.807, 2.05) is 0 Å². The van der Waals surface area contributed by atoms with Crippen LogP contribution in [0.15, 0.2) is 0 Å². The van der Waals surface area contributed by atoms with Crippen LogP contribution in [0.2, 0.25) is 0 Å². The lowest BCUT2D eigenvalue weighted by Gasteiger charge is -2.16.